The Morgan fingerprint density at radius 3 is 2.74 bits per heavy atom. The van der Waals surface area contributed by atoms with E-state index in [1.165, 1.54) is 32.1 Å². The summed E-state index contributed by atoms with van der Waals surface area (Å²) in [6, 6.07) is 0.973. The van der Waals surface area contributed by atoms with Crippen molar-refractivity contribution in [3.8, 4) is 0 Å². The second kappa shape index (κ2) is 5.41. The quantitative estimate of drug-likeness (QED) is 0.842. The highest BCUT2D eigenvalue weighted by Crippen LogP contribution is 2.34. The highest BCUT2D eigenvalue weighted by Gasteiger charge is 2.45. The van der Waals surface area contributed by atoms with Crippen LogP contribution >= 0.6 is 0 Å². The van der Waals surface area contributed by atoms with Crippen LogP contribution in [0.15, 0.2) is 0 Å². The molecule has 3 aliphatic rings. The molecule has 2 unspecified atom stereocenters. The normalized spacial score (nSPS) is 35.3. The summed E-state index contributed by atoms with van der Waals surface area (Å²) >= 11 is 0. The van der Waals surface area contributed by atoms with Crippen LogP contribution in [0.3, 0.4) is 0 Å². The molecule has 0 spiro atoms. The van der Waals surface area contributed by atoms with Crippen LogP contribution in [-0.4, -0.2) is 48.2 Å². The van der Waals surface area contributed by atoms with Crippen molar-refractivity contribution in [3.63, 3.8) is 0 Å². The van der Waals surface area contributed by atoms with Crippen molar-refractivity contribution in [1.29, 1.82) is 0 Å². The zero-order valence-corrected chi connectivity index (χ0v) is 12.0. The van der Waals surface area contributed by atoms with E-state index in [-0.39, 0.29) is 5.91 Å². The Labute approximate surface area is 115 Å². The number of piperidine rings is 1. The van der Waals surface area contributed by atoms with Gasteiger partial charge in [-0.2, -0.15) is 0 Å². The summed E-state index contributed by atoms with van der Waals surface area (Å²) in [6.45, 7) is 4.70. The van der Waals surface area contributed by atoms with E-state index in [9.17, 15) is 4.79 Å². The van der Waals surface area contributed by atoms with Gasteiger partial charge >= 0.3 is 0 Å². The lowest BCUT2D eigenvalue weighted by atomic mass is 9.99. The third kappa shape index (κ3) is 2.95. The van der Waals surface area contributed by atoms with Crippen LogP contribution in [0.2, 0.25) is 0 Å². The fourth-order valence-corrected chi connectivity index (χ4v) is 3.35. The fraction of sp³-hybridized carbons (Fsp3) is 0.933. The summed E-state index contributed by atoms with van der Waals surface area (Å²) in [7, 11) is 0. The van der Waals surface area contributed by atoms with Crippen molar-refractivity contribution in [2.24, 2.45) is 0 Å². The van der Waals surface area contributed by atoms with Crippen molar-refractivity contribution in [1.82, 2.24) is 10.2 Å². The molecular formula is C15H26N2O2. The largest absolute Gasteiger partial charge is 0.365 e. The second-order valence-electron chi connectivity index (χ2n) is 6.52. The molecule has 2 aliphatic heterocycles. The number of rotatable bonds is 4. The standard InChI is InChI=1S/C15H26N2O2/c1-15(8-4-10-19-15)14(18)17(13-6-7-13)11-12-5-2-3-9-16-12/h12-13,16H,2-11H2,1H3. The molecule has 0 radical (unpaired) electrons. The maximum absolute atomic E-state index is 12.8. The minimum atomic E-state index is -0.544. The molecule has 0 aromatic heterocycles. The van der Waals surface area contributed by atoms with E-state index in [0.29, 0.717) is 12.1 Å². The highest BCUT2D eigenvalue weighted by molar-refractivity contribution is 5.85. The van der Waals surface area contributed by atoms with Crippen molar-refractivity contribution in [3.05, 3.63) is 0 Å². The molecule has 0 aromatic carbocycles. The van der Waals surface area contributed by atoms with Gasteiger partial charge in [0.2, 0.25) is 0 Å². The van der Waals surface area contributed by atoms with Crippen LogP contribution in [0, 0.1) is 0 Å². The third-order valence-electron chi connectivity index (χ3n) is 4.75. The van der Waals surface area contributed by atoms with Crippen LogP contribution in [-0.2, 0) is 9.53 Å². The maximum atomic E-state index is 12.8. The monoisotopic (exact) mass is 266 g/mol. The van der Waals surface area contributed by atoms with Crippen LogP contribution in [0.1, 0.15) is 51.9 Å². The molecule has 1 amide bonds. The van der Waals surface area contributed by atoms with Gasteiger partial charge in [0.25, 0.3) is 5.91 Å². The lowest BCUT2D eigenvalue weighted by Crippen LogP contribution is -2.53. The number of amides is 1. The molecule has 1 saturated carbocycles. The summed E-state index contributed by atoms with van der Waals surface area (Å²) in [4.78, 5) is 14.9. The van der Waals surface area contributed by atoms with E-state index in [4.69, 9.17) is 4.74 Å². The fourth-order valence-electron chi connectivity index (χ4n) is 3.35. The summed E-state index contributed by atoms with van der Waals surface area (Å²) in [6.07, 6.45) is 8.01. The Morgan fingerprint density at radius 1 is 1.32 bits per heavy atom. The molecule has 4 nitrogen and oxygen atoms in total. The summed E-state index contributed by atoms with van der Waals surface area (Å²) in [5.41, 5.74) is -0.544. The van der Waals surface area contributed by atoms with Crippen LogP contribution in [0.4, 0.5) is 0 Å². The van der Waals surface area contributed by atoms with Crippen molar-refractivity contribution >= 4 is 5.91 Å². The average Bonchev–Trinajstić information content (AvgIpc) is 3.18. The van der Waals surface area contributed by atoms with E-state index < -0.39 is 5.60 Å². The molecule has 3 rings (SSSR count). The lowest BCUT2D eigenvalue weighted by Gasteiger charge is -2.35. The van der Waals surface area contributed by atoms with E-state index in [2.05, 4.69) is 10.2 Å². The van der Waals surface area contributed by atoms with Gasteiger partial charge in [0, 0.05) is 25.2 Å². The molecule has 0 aromatic rings. The van der Waals surface area contributed by atoms with Gasteiger partial charge in [-0.05, 0) is 52.0 Å². The smallest absolute Gasteiger partial charge is 0.254 e. The number of nitrogens with one attached hydrogen (secondary N) is 1. The minimum absolute atomic E-state index is 0.236. The molecule has 2 heterocycles. The van der Waals surface area contributed by atoms with E-state index in [1.807, 2.05) is 6.92 Å². The predicted octanol–water partition coefficient (Wildman–Crippen LogP) is 1.69. The van der Waals surface area contributed by atoms with Gasteiger partial charge in [-0.3, -0.25) is 4.79 Å². The van der Waals surface area contributed by atoms with E-state index >= 15 is 0 Å². The number of carbonyl (C=O) groups excluding carboxylic acids is 1. The minimum Gasteiger partial charge on any atom is -0.365 e. The molecule has 108 valence electrons. The number of nitrogens with zero attached hydrogens (tertiary/aromatic N) is 1. The molecule has 1 aliphatic carbocycles. The van der Waals surface area contributed by atoms with E-state index in [0.717, 1.165) is 32.5 Å². The molecule has 4 heteroatoms. The van der Waals surface area contributed by atoms with Crippen molar-refractivity contribution < 1.29 is 9.53 Å². The molecule has 0 bridgehead atoms. The molecule has 19 heavy (non-hydrogen) atoms. The first-order chi connectivity index (χ1) is 9.19. The summed E-state index contributed by atoms with van der Waals surface area (Å²) < 4.78 is 5.74. The second-order valence-corrected chi connectivity index (χ2v) is 6.52. The van der Waals surface area contributed by atoms with Gasteiger partial charge in [-0.1, -0.05) is 6.42 Å². The Morgan fingerprint density at radius 2 is 2.16 bits per heavy atom. The summed E-state index contributed by atoms with van der Waals surface area (Å²) in [5.74, 6) is 0.236. The zero-order chi connectivity index (χ0) is 13.3. The first-order valence-corrected chi connectivity index (χ1v) is 7.87. The Kier molecular flexibility index (Phi) is 3.81. The Hall–Kier alpha value is -0.610. The van der Waals surface area contributed by atoms with Gasteiger partial charge in [0.1, 0.15) is 5.60 Å². The van der Waals surface area contributed by atoms with Crippen LogP contribution in [0.5, 0.6) is 0 Å². The third-order valence-corrected chi connectivity index (χ3v) is 4.75. The van der Waals surface area contributed by atoms with E-state index in [1.54, 1.807) is 0 Å². The molecular weight excluding hydrogens is 240 g/mol. The highest BCUT2D eigenvalue weighted by atomic mass is 16.5. The SMILES string of the molecule is CC1(C(=O)N(CC2CCCCN2)C2CC2)CCCO1. The number of ether oxygens (including phenoxy) is 1. The number of hydrogen-bond donors (Lipinski definition) is 1. The Balaban J connectivity index is 1.64. The first kappa shape index (κ1) is 13.4. The lowest BCUT2D eigenvalue weighted by molar-refractivity contribution is -0.152. The first-order valence-electron chi connectivity index (χ1n) is 7.87. The van der Waals surface area contributed by atoms with Crippen molar-refractivity contribution in [2.45, 2.75) is 69.6 Å². The van der Waals surface area contributed by atoms with Crippen molar-refractivity contribution in [2.75, 3.05) is 19.7 Å². The molecule has 1 N–H and O–H groups in total. The van der Waals surface area contributed by atoms with Gasteiger partial charge < -0.3 is 15.0 Å². The summed E-state index contributed by atoms with van der Waals surface area (Å²) in [5, 5.41) is 3.56. The molecule has 2 saturated heterocycles. The molecule has 2 atom stereocenters. The van der Waals surface area contributed by atoms with Gasteiger partial charge in [-0.15, -0.1) is 0 Å². The van der Waals surface area contributed by atoms with Gasteiger partial charge in [0.05, 0.1) is 0 Å². The predicted molar refractivity (Wildman–Crippen MR) is 74.0 cm³/mol. The van der Waals surface area contributed by atoms with Crippen LogP contribution in [0.25, 0.3) is 0 Å². The zero-order valence-electron chi connectivity index (χ0n) is 12.0. The molecule has 3 fully saturated rings. The van der Waals surface area contributed by atoms with Gasteiger partial charge in [-0.25, -0.2) is 0 Å². The van der Waals surface area contributed by atoms with Crippen LogP contribution < -0.4 is 5.32 Å². The average molecular weight is 266 g/mol. The number of carbonyl (C=O) groups is 1. The van der Waals surface area contributed by atoms with Gasteiger partial charge in [0.15, 0.2) is 0 Å². The maximum Gasteiger partial charge on any atom is 0.254 e. The topological polar surface area (TPSA) is 41.6 Å². The Bertz CT molecular complexity index is 329. The number of hydrogen-bond acceptors (Lipinski definition) is 3.